The standard InChI is InChI=1S/C33H15F2N5S/c1-37-22-6-4-5-21(15-22)31-25-16-24(32-33(40-41-39-32)30(25)23-7-2-3-8-28(23)38-31)19-9-11-20(12-10-19)29-26(34)13-18(17-36)14-27(29)35/h2-16H. The Morgan fingerprint density at radius 3 is 2.24 bits per heavy atom. The van der Waals surface area contributed by atoms with E-state index in [4.69, 9.17) is 16.8 Å². The first-order valence-electron chi connectivity index (χ1n) is 12.5. The zero-order valence-corrected chi connectivity index (χ0v) is 21.9. The van der Waals surface area contributed by atoms with E-state index in [2.05, 4.69) is 13.6 Å². The van der Waals surface area contributed by atoms with E-state index in [0.29, 0.717) is 16.8 Å². The van der Waals surface area contributed by atoms with Gasteiger partial charge in [0.1, 0.15) is 22.7 Å². The van der Waals surface area contributed by atoms with Crippen LogP contribution in [0.5, 0.6) is 0 Å². The first kappa shape index (κ1) is 24.5. The fourth-order valence-electron chi connectivity index (χ4n) is 5.26. The number of nitrogens with zero attached hydrogens (tertiary/aromatic N) is 5. The van der Waals surface area contributed by atoms with Gasteiger partial charge < -0.3 is 0 Å². The molecule has 0 saturated carbocycles. The summed E-state index contributed by atoms with van der Waals surface area (Å²) in [4.78, 5) is 8.60. The Bertz CT molecular complexity index is 2240. The summed E-state index contributed by atoms with van der Waals surface area (Å²) in [6.45, 7) is 7.48. The molecular weight excluding hydrogens is 536 g/mol. The summed E-state index contributed by atoms with van der Waals surface area (Å²) >= 11 is 1.11. The molecular formula is C33H15F2N5S. The fraction of sp³-hybridized carbons (Fsp3) is 0. The number of nitriles is 1. The minimum Gasteiger partial charge on any atom is -0.247 e. The van der Waals surface area contributed by atoms with Gasteiger partial charge in [0.2, 0.25) is 0 Å². The maximum atomic E-state index is 14.7. The highest BCUT2D eigenvalue weighted by molar-refractivity contribution is 7.00. The van der Waals surface area contributed by atoms with Crippen molar-refractivity contribution in [3.05, 3.63) is 120 Å². The lowest BCUT2D eigenvalue weighted by molar-refractivity contribution is 0.589. The molecule has 0 aliphatic rings. The van der Waals surface area contributed by atoms with Crippen LogP contribution in [0.15, 0.2) is 91.0 Å². The van der Waals surface area contributed by atoms with Crippen LogP contribution in [-0.4, -0.2) is 13.7 Å². The SMILES string of the molecule is [C-]#[N+]c1cccc(-c2nc3ccccc3c3c2cc(-c2ccc(-c4c(F)cc(C#N)cc4F)cc2)c2nsnc23)c1. The summed E-state index contributed by atoms with van der Waals surface area (Å²) in [6, 6.07) is 28.0. The van der Waals surface area contributed by atoms with E-state index in [0.717, 1.165) is 73.4 Å². The molecule has 0 aliphatic carbocycles. The highest BCUT2D eigenvalue weighted by Gasteiger charge is 2.20. The lowest BCUT2D eigenvalue weighted by Crippen LogP contribution is -1.94. The maximum Gasteiger partial charge on any atom is 0.187 e. The second kappa shape index (κ2) is 9.56. The number of hydrogen-bond donors (Lipinski definition) is 0. The number of para-hydroxylation sites is 1. The molecule has 5 nitrogen and oxygen atoms in total. The Morgan fingerprint density at radius 2 is 1.49 bits per heavy atom. The molecule has 8 heteroatoms. The molecule has 2 aromatic heterocycles. The highest BCUT2D eigenvalue weighted by atomic mass is 32.1. The van der Waals surface area contributed by atoms with E-state index in [1.807, 2.05) is 48.5 Å². The van der Waals surface area contributed by atoms with Crippen molar-refractivity contribution in [3.8, 4) is 39.6 Å². The number of benzene rings is 5. The molecule has 0 radical (unpaired) electrons. The highest BCUT2D eigenvalue weighted by Crippen LogP contribution is 2.41. The van der Waals surface area contributed by atoms with Gasteiger partial charge in [0.05, 0.1) is 46.7 Å². The zero-order valence-electron chi connectivity index (χ0n) is 21.1. The molecule has 2 heterocycles. The van der Waals surface area contributed by atoms with Gasteiger partial charge in [-0.15, -0.1) is 0 Å². The second-order valence-corrected chi connectivity index (χ2v) is 9.98. The van der Waals surface area contributed by atoms with E-state index in [1.165, 1.54) is 0 Å². The van der Waals surface area contributed by atoms with E-state index >= 15 is 0 Å². The Kier molecular flexibility index (Phi) is 5.71. The average molecular weight is 552 g/mol. The minimum atomic E-state index is -0.796. The van der Waals surface area contributed by atoms with Crippen LogP contribution >= 0.6 is 11.7 Å². The van der Waals surface area contributed by atoms with Gasteiger partial charge in [-0.1, -0.05) is 60.7 Å². The molecule has 0 bridgehead atoms. The molecule has 0 aliphatic heterocycles. The number of fused-ring (bicyclic) bond motifs is 5. The van der Waals surface area contributed by atoms with Crippen LogP contribution < -0.4 is 0 Å². The molecule has 41 heavy (non-hydrogen) atoms. The third-order valence-corrected chi connectivity index (χ3v) is 7.63. The lowest BCUT2D eigenvalue weighted by atomic mass is 9.93. The van der Waals surface area contributed by atoms with Crippen LogP contribution in [0.25, 0.3) is 71.1 Å². The van der Waals surface area contributed by atoms with Crippen LogP contribution in [0, 0.1) is 29.5 Å². The van der Waals surface area contributed by atoms with Gasteiger partial charge in [0, 0.05) is 21.7 Å². The Morgan fingerprint density at radius 1 is 0.756 bits per heavy atom. The molecule has 7 aromatic rings. The van der Waals surface area contributed by atoms with Crippen LogP contribution in [0.3, 0.4) is 0 Å². The number of aromatic nitrogens is 3. The third-order valence-electron chi connectivity index (χ3n) is 7.10. The smallest absolute Gasteiger partial charge is 0.187 e. The van der Waals surface area contributed by atoms with E-state index in [9.17, 15) is 8.78 Å². The molecule has 0 amide bonds. The molecule has 7 rings (SSSR count). The molecule has 0 unspecified atom stereocenters. The summed E-state index contributed by atoms with van der Waals surface area (Å²) in [6.07, 6.45) is 0. The Labute approximate surface area is 236 Å². The van der Waals surface area contributed by atoms with E-state index < -0.39 is 11.6 Å². The minimum absolute atomic E-state index is 0.0752. The first-order valence-corrected chi connectivity index (χ1v) is 13.2. The van der Waals surface area contributed by atoms with Gasteiger partial charge in [-0.2, -0.15) is 14.0 Å². The summed E-state index contributed by atoms with van der Waals surface area (Å²) in [5.74, 6) is -1.59. The van der Waals surface area contributed by atoms with Crippen molar-refractivity contribution >= 4 is 50.1 Å². The predicted octanol–water partition coefficient (Wildman–Crippen LogP) is 9.09. The van der Waals surface area contributed by atoms with Gasteiger partial charge >= 0.3 is 0 Å². The van der Waals surface area contributed by atoms with Gasteiger partial charge in [-0.25, -0.2) is 18.6 Å². The monoisotopic (exact) mass is 551 g/mol. The van der Waals surface area contributed by atoms with Gasteiger partial charge in [-0.3, -0.25) is 0 Å². The van der Waals surface area contributed by atoms with Crippen LogP contribution in [0.4, 0.5) is 14.5 Å². The zero-order chi connectivity index (χ0) is 28.1. The molecule has 0 N–H and O–H groups in total. The van der Waals surface area contributed by atoms with Crippen LogP contribution in [0.1, 0.15) is 5.56 Å². The van der Waals surface area contributed by atoms with Crippen molar-refractivity contribution < 1.29 is 8.78 Å². The van der Waals surface area contributed by atoms with Crippen molar-refractivity contribution in [1.29, 1.82) is 5.26 Å². The molecule has 0 spiro atoms. The van der Waals surface area contributed by atoms with Crippen LogP contribution in [0.2, 0.25) is 0 Å². The summed E-state index contributed by atoms with van der Waals surface area (Å²) in [5, 5.41) is 11.7. The molecule has 0 saturated heterocycles. The fourth-order valence-corrected chi connectivity index (χ4v) is 5.82. The largest absolute Gasteiger partial charge is 0.247 e. The van der Waals surface area contributed by atoms with E-state index in [-0.39, 0.29) is 11.1 Å². The van der Waals surface area contributed by atoms with E-state index in [1.54, 1.807) is 36.4 Å². The average Bonchev–Trinajstić information content (AvgIpc) is 3.50. The van der Waals surface area contributed by atoms with Gasteiger partial charge in [-0.05, 0) is 47.0 Å². The quantitative estimate of drug-likeness (QED) is 0.162. The number of pyridine rings is 1. The van der Waals surface area contributed by atoms with Crippen molar-refractivity contribution in [2.75, 3.05) is 0 Å². The molecule has 0 fully saturated rings. The number of halogens is 2. The topological polar surface area (TPSA) is 66.8 Å². The van der Waals surface area contributed by atoms with Crippen molar-refractivity contribution in [2.24, 2.45) is 0 Å². The maximum absolute atomic E-state index is 14.7. The van der Waals surface area contributed by atoms with Crippen molar-refractivity contribution in [2.45, 2.75) is 0 Å². The van der Waals surface area contributed by atoms with Gasteiger partial charge in [0.25, 0.3) is 0 Å². The number of rotatable bonds is 3. The molecule has 0 atom stereocenters. The third kappa shape index (κ3) is 3.98. The van der Waals surface area contributed by atoms with Crippen molar-refractivity contribution in [3.63, 3.8) is 0 Å². The summed E-state index contributed by atoms with van der Waals surface area (Å²) in [5.41, 5.74) is 5.97. The molecule has 192 valence electrons. The second-order valence-electron chi connectivity index (χ2n) is 9.45. The predicted molar refractivity (Wildman–Crippen MR) is 157 cm³/mol. The van der Waals surface area contributed by atoms with Crippen LogP contribution in [-0.2, 0) is 0 Å². The Balaban J connectivity index is 1.48. The number of hydrogen-bond acceptors (Lipinski definition) is 5. The van der Waals surface area contributed by atoms with Crippen molar-refractivity contribution in [1.82, 2.24) is 13.7 Å². The molecule has 5 aromatic carbocycles. The Hall–Kier alpha value is -5.57. The lowest BCUT2D eigenvalue weighted by Gasteiger charge is -2.14. The summed E-state index contributed by atoms with van der Waals surface area (Å²) in [7, 11) is 0. The summed E-state index contributed by atoms with van der Waals surface area (Å²) < 4.78 is 38.7. The van der Waals surface area contributed by atoms with Gasteiger partial charge in [0.15, 0.2) is 5.69 Å². The normalized spacial score (nSPS) is 11.1. The first-order chi connectivity index (χ1) is 20.1.